The summed E-state index contributed by atoms with van der Waals surface area (Å²) in [5.41, 5.74) is 2.18. The van der Waals surface area contributed by atoms with Crippen LogP contribution in [0.1, 0.15) is 6.42 Å². The Morgan fingerprint density at radius 1 is 1.29 bits per heavy atom. The highest BCUT2D eigenvalue weighted by molar-refractivity contribution is 5.49. The molecular weight excluding hydrogens is 214 g/mol. The van der Waals surface area contributed by atoms with E-state index in [1.165, 1.54) is 12.7 Å². The second-order valence-electron chi connectivity index (χ2n) is 4.22. The lowest BCUT2D eigenvalue weighted by molar-refractivity contribution is 0.793. The van der Waals surface area contributed by atoms with Gasteiger partial charge in [-0.25, -0.2) is 9.67 Å². The van der Waals surface area contributed by atoms with Crippen molar-refractivity contribution in [3.63, 3.8) is 0 Å². The summed E-state index contributed by atoms with van der Waals surface area (Å²) in [7, 11) is 0. The van der Waals surface area contributed by atoms with Gasteiger partial charge in [0.05, 0.1) is 5.69 Å². The summed E-state index contributed by atoms with van der Waals surface area (Å²) >= 11 is 0. The normalized spacial score (nSPS) is 19.4. The smallest absolute Gasteiger partial charge is 0.138 e. The fourth-order valence-electron chi connectivity index (χ4n) is 2.07. The molecular formula is C12H15N5. The molecule has 2 N–H and O–H groups in total. The third-order valence-electron chi connectivity index (χ3n) is 2.98. The van der Waals surface area contributed by atoms with E-state index in [9.17, 15) is 0 Å². The van der Waals surface area contributed by atoms with Crippen molar-refractivity contribution in [1.29, 1.82) is 0 Å². The molecule has 88 valence electrons. The molecule has 1 fully saturated rings. The van der Waals surface area contributed by atoms with E-state index in [-0.39, 0.29) is 0 Å². The average Bonchev–Trinajstić information content (AvgIpc) is 3.01. The molecule has 1 atom stereocenters. The molecule has 1 aliphatic heterocycles. The van der Waals surface area contributed by atoms with Gasteiger partial charge >= 0.3 is 0 Å². The van der Waals surface area contributed by atoms with Crippen molar-refractivity contribution in [2.45, 2.75) is 12.5 Å². The van der Waals surface area contributed by atoms with Crippen LogP contribution in [0.2, 0.25) is 0 Å². The molecule has 1 aliphatic rings. The summed E-state index contributed by atoms with van der Waals surface area (Å²) in [5.74, 6) is 0. The third-order valence-corrected chi connectivity index (χ3v) is 2.98. The third kappa shape index (κ3) is 2.29. The van der Waals surface area contributed by atoms with E-state index < -0.39 is 0 Å². The maximum atomic E-state index is 4.09. The van der Waals surface area contributed by atoms with Crippen molar-refractivity contribution in [2.24, 2.45) is 0 Å². The zero-order chi connectivity index (χ0) is 11.5. The van der Waals surface area contributed by atoms with Gasteiger partial charge in [-0.05, 0) is 37.2 Å². The van der Waals surface area contributed by atoms with Crippen molar-refractivity contribution in [1.82, 2.24) is 20.1 Å². The summed E-state index contributed by atoms with van der Waals surface area (Å²) < 4.78 is 1.75. The lowest BCUT2D eigenvalue weighted by Gasteiger charge is -2.13. The van der Waals surface area contributed by atoms with Gasteiger partial charge in [0, 0.05) is 18.3 Å². The topological polar surface area (TPSA) is 54.8 Å². The summed E-state index contributed by atoms with van der Waals surface area (Å²) in [6.45, 7) is 2.15. The van der Waals surface area contributed by atoms with E-state index in [0.717, 1.165) is 24.5 Å². The Labute approximate surface area is 99.9 Å². The predicted molar refractivity (Wildman–Crippen MR) is 66.3 cm³/mol. The van der Waals surface area contributed by atoms with Crippen LogP contribution >= 0.6 is 0 Å². The van der Waals surface area contributed by atoms with Crippen LogP contribution in [0.15, 0.2) is 36.9 Å². The first kappa shape index (κ1) is 10.3. The Kier molecular flexibility index (Phi) is 2.75. The Morgan fingerprint density at radius 3 is 2.82 bits per heavy atom. The number of nitrogens with zero attached hydrogens (tertiary/aromatic N) is 3. The maximum absolute atomic E-state index is 4.09. The molecule has 1 unspecified atom stereocenters. The van der Waals surface area contributed by atoms with Crippen LogP contribution in [0.4, 0.5) is 5.69 Å². The van der Waals surface area contributed by atoms with Gasteiger partial charge in [0.1, 0.15) is 12.7 Å². The van der Waals surface area contributed by atoms with E-state index in [4.69, 9.17) is 0 Å². The first-order valence-electron chi connectivity index (χ1n) is 5.84. The van der Waals surface area contributed by atoms with E-state index in [2.05, 4.69) is 32.8 Å². The number of hydrogen-bond acceptors (Lipinski definition) is 4. The van der Waals surface area contributed by atoms with Gasteiger partial charge < -0.3 is 10.6 Å². The minimum Gasteiger partial charge on any atom is -0.381 e. The SMILES string of the molecule is c1ncn(-c2ccc(NC3CCNC3)cc2)n1. The zero-order valence-corrected chi connectivity index (χ0v) is 9.50. The lowest BCUT2D eigenvalue weighted by Crippen LogP contribution is -2.21. The molecule has 0 saturated carbocycles. The molecule has 0 amide bonds. The van der Waals surface area contributed by atoms with Gasteiger partial charge in [-0.15, -0.1) is 0 Å². The number of rotatable bonds is 3. The van der Waals surface area contributed by atoms with Gasteiger partial charge in [0.15, 0.2) is 0 Å². The summed E-state index contributed by atoms with van der Waals surface area (Å²) in [5, 5.41) is 10.9. The minimum atomic E-state index is 0.548. The van der Waals surface area contributed by atoms with E-state index in [0.29, 0.717) is 6.04 Å². The van der Waals surface area contributed by atoms with Crippen molar-refractivity contribution in [2.75, 3.05) is 18.4 Å². The number of nitrogens with one attached hydrogen (secondary N) is 2. The Balaban J connectivity index is 1.71. The first-order valence-corrected chi connectivity index (χ1v) is 5.84. The van der Waals surface area contributed by atoms with Crippen LogP contribution in [-0.2, 0) is 0 Å². The van der Waals surface area contributed by atoms with Gasteiger partial charge in [-0.2, -0.15) is 5.10 Å². The number of benzene rings is 1. The van der Waals surface area contributed by atoms with Crippen molar-refractivity contribution in [3.05, 3.63) is 36.9 Å². The van der Waals surface area contributed by atoms with Crippen molar-refractivity contribution >= 4 is 5.69 Å². The van der Waals surface area contributed by atoms with Crippen molar-refractivity contribution in [3.8, 4) is 5.69 Å². The standard InChI is InChI=1S/C12H15N5/c1-3-12(17-9-14-8-15-17)4-2-10(1)16-11-5-6-13-7-11/h1-4,8-9,11,13,16H,5-7H2. The van der Waals surface area contributed by atoms with E-state index >= 15 is 0 Å². The highest BCUT2D eigenvalue weighted by atomic mass is 15.3. The second-order valence-corrected chi connectivity index (χ2v) is 4.22. The van der Waals surface area contributed by atoms with Crippen LogP contribution < -0.4 is 10.6 Å². The molecule has 5 nitrogen and oxygen atoms in total. The van der Waals surface area contributed by atoms with Gasteiger partial charge in [-0.1, -0.05) is 0 Å². The molecule has 0 radical (unpaired) electrons. The van der Waals surface area contributed by atoms with Gasteiger partial charge in [0.25, 0.3) is 0 Å². The minimum absolute atomic E-state index is 0.548. The molecule has 3 rings (SSSR count). The van der Waals surface area contributed by atoms with Crippen molar-refractivity contribution < 1.29 is 0 Å². The quantitative estimate of drug-likeness (QED) is 0.825. The molecule has 1 aromatic carbocycles. The van der Waals surface area contributed by atoms with E-state index in [1.54, 1.807) is 11.0 Å². The lowest BCUT2D eigenvalue weighted by atomic mass is 10.2. The summed E-state index contributed by atoms with van der Waals surface area (Å²) in [6, 6.07) is 8.79. The predicted octanol–water partition coefficient (Wildman–Crippen LogP) is 1.04. The van der Waals surface area contributed by atoms with Crippen LogP contribution in [-0.4, -0.2) is 33.9 Å². The molecule has 2 heterocycles. The van der Waals surface area contributed by atoms with Crippen LogP contribution in [0, 0.1) is 0 Å². The maximum Gasteiger partial charge on any atom is 0.138 e. The summed E-state index contributed by atoms with van der Waals surface area (Å²) in [4.78, 5) is 3.93. The molecule has 1 saturated heterocycles. The Morgan fingerprint density at radius 2 is 2.18 bits per heavy atom. The Bertz CT molecular complexity index is 456. The van der Waals surface area contributed by atoms with E-state index in [1.807, 2.05) is 12.1 Å². The van der Waals surface area contributed by atoms with Gasteiger partial charge in [0.2, 0.25) is 0 Å². The first-order chi connectivity index (χ1) is 8.42. The number of hydrogen-bond donors (Lipinski definition) is 2. The average molecular weight is 229 g/mol. The van der Waals surface area contributed by atoms with Gasteiger partial charge in [-0.3, -0.25) is 0 Å². The Hall–Kier alpha value is -1.88. The highest BCUT2D eigenvalue weighted by Crippen LogP contribution is 2.14. The number of aromatic nitrogens is 3. The monoisotopic (exact) mass is 229 g/mol. The second kappa shape index (κ2) is 4.55. The number of anilines is 1. The molecule has 0 bridgehead atoms. The largest absolute Gasteiger partial charge is 0.381 e. The van der Waals surface area contributed by atoms with Crippen LogP contribution in [0.25, 0.3) is 5.69 Å². The molecule has 2 aromatic rings. The molecule has 1 aromatic heterocycles. The van der Waals surface area contributed by atoms with Crippen LogP contribution in [0.3, 0.4) is 0 Å². The fraction of sp³-hybridized carbons (Fsp3) is 0.333. The highest BCUT2D eigenvalue weighted by Gasteiger charge is 2.13. The molecule has 5 heteroatoms. The fourth-order valence-corrected chi connectivity index (χ4v) is 2.07. The summed E-state index contributed by atoms with van der Waals surface area (Å²) in [6.07, 6.45) is 4.42. The zero-order valence-electron chi connectivity index (χ0n) is 9.50. The van der Waals surface area contributed by atoms with Crippen LogP contribution in [0.5, 0.6) is 0 Å². The molecule has 0 spiro atoms. The molecule has 0 aliphatic carbocycles. The molecule has 17 heavy (non-hydrogen) atoms.